The summed E-state index contributed by atoms with van der Waals surface area (Å²) in [4.78, 5) is 3.80. The lowest BCUT2D eigenvalue weighted by Crippen LogP contribution is -1.99. The predicted octanol–water partition coefficient (Wildman–Crippen LogP) is 10.2. The standard InChI is InChI=1S/C40H19N5O/c1-44-34-16-5-10-26(23-43)38(34)32-15-7-13-30-29-12-6-14-31(37-24(21-41)8-4-9-25(37)22-42)39(29)45(40(30)32)27-18-19-36-33(20-27)28-11-2-3-17-35(28)46-36/h2-20H. The third-order valence-corrected chi connectivity index (χ3v) is 8.56. The van der Waals surface area contributed by atoms with Crippen molar-refractivity contribution in [2.75, 3.05) is 0 Å². The summed E-state index contributed by atoms with van der Waals surface area (Å²) < 4.78 is 8.29. The van der Waals surface area contributed by atoms with E-state index in [0.717, 1.165) is 60.6 Å². The minimum absolute atomic E-state index is 0.376. The summed E-state index contributed by atoms with van der Waals surface area (Å²) in [6, 6.07) is 43.0. The van der Waals surface area contributed by atoms with E-state index in [1.165, 1.54) is 0 Å². The van der Waals surface area contributed by atoms with Crippen LogP contribution in [0.25, 0.3) is 76.5 Å². The molecule has 0 unspecified atom stereocenters. The van der Waals surface area contributed by atoms with Crippen LogP contribution >= 0.6 is 0 Å². The van der Waals surface area contributed by atoms with Crippen molar-refractivity contribution in [2.45, 2.75) is 0 Å². The van der Waals surface area contributed by atoms with Gasteiger partial charge in [-0.05, 0) is 48.0 Å². The largest absolute Gasteiger partial charge is 0.456 e. The monoisotopic (exact) mass is 585 g/mol. The Balaban J connectivity index is 1.61. The van der Waals surface area contributed by atoms with Crippen LogP contribution in [0.15, 0.2) is 120 Å². The molecule has 0 atom stereocenters. The highest BCUT2D eigenvalue weighted by Gasteiger charge is 2.24. The van der Waals surface area contributed by atoms with Crippen LogP contribution in [0.4, 0.5) is 5.69 Å². The molecule has 8 aromatic rings. The average molecular weight is 586 g/mol. The first kappa shape index (κ1) is 26.5. The van der Waals surface area contributed by atoms with Gasteiger partial charge in [0, 0.05) is 49.5 Å². The molecule has 0 saturated carbocycles. The van der Waals surface area contributed by atoms with Crippen molar-refractivity contribution in [2.24, 2.45) is 0 Å². The number of hydrogen-bond donors (Lipinski definition) is 0. The predicted molar refractivity (Wildman–Crippen MR) is 179 cm³/mol. The Hall–Kier alpha value is -7.12. The van der Waals surface area contributed by atoms with Crippen LogP contribution in [0.5, 0.6) is 0 Å². The molecule has 0 aliphatic rings. The summed E-state index contributed by atoms with van der Waals surface area (Å²) in [7, 11) is 0. The summed E-state index contributed by atoms with van der Waals surface area (Å²) in [5, 5.41) is 34.2. The molecule has 0 N–H and O–H groups in total. The van der Waals surface area contributed by atoms with E-state index in [0.29, 0.717) is 33.5 Å². The van der Waals surface area contributed by atoms with Crippen molar-refractivity contribution in [1.82, 2.24) is 4.57 Å². The number of nitrogens with zero attached hydrogens (tertiary/aromatic N) is 5. The fourth-order valence-corrected chi connectivity index (χ4v) is 6.67. The van der Waals surface area contributed by atoms with Crippen molar-refractivity contribution in [3.8, 4) is 46.1 Å². The second-order valence-electron chi connectivity index (χ2n) is 10.9. The van der Waals surface area contributed by atoms with E-state index in [2.05, 4.69) is 33.7 Å². The molecular weight excluding hydrogens is 566 g/mol. The molecule has 6 heteroatoms. The summed E-state index contributed by atoms with van der Waals surface area (Å²) in [6.07, 6.45) is 0. The maximum Gasteiger partial charge on any atom is 0.196 e. The summed E-state index contributed by atoms with van der Waals surface area (Å²) in [5.41, 5.74) is 8.09. The maximum absolute atomic E-state index is 10.2. The SMILES string of the molecule is [C-]#[N+]c1cccc(C#N)c1-c1cccc2c3cccc(-c4c(C#N)cccc4C#N)c3n(-c3ccc4oc5ccccc5c4c3)c12. The van der Waals surface area contributed by atoms with Gasteiger partial charge in [0.1, 0.15) is 11.2 Å². The maximum atomic E-state index is 10.2. The highest BCUT2D eigenvalue weighted by Crippen LogP contribution is 2.46. The first-order valence-electron chi connectivity index (χ1n) is 14.5. The Morgan fingerprint density at radius 3 is 1.74 bits per heavy atom. The topological polar surface area (TPSA) is 93.8 Å². The second-order valence-corrected chi connectivity index (χ2v) is 10.9. The molecule has 0 amide bonds. The van der Waals surface area contributed by atoms with E-state index in [1.807, 2.05) is 72.8 Å². The van der Waals surface area contributed by atoms with E-state index in [4.69, 9.17) is 11.0 Å². The number of aromatic nitrogens is 1. The number of rotatable bonds is 3. The van der Waals surface area contributed by atoms with Crippen molar-refractivity contribution in [3.63, 3.8) is 0 Å². The Kier molecular flexibility index (Phi) is 5.91. The third kappa shape index (κ3) is 3.73. The average Bonchev–Trinajstić information content (AvgIpc) is 3.66. The van der Waals surface area contributed by atoms with Gasteiger partial charge in [-0.25, -0.2) is 4.85 Å². The Bertz CT molecular complexity index is 2560. The fraction of sp³-hybridized carbons (Fsp3) is 0. The van der Waals surface area contributed by atoms with E-state index < -0.39 is 0 Å². The fourth-order valence-electron chi connectivity index (χ4n) is 6.67. The zero-order valence-corrected chi connectivity index (χ0v) is 24.1. The molecule has 0 fully saturated rings. The molecule has 8 rings (SSSR count). The molecule has 0 aliphatic heterocycles. The quantitative estimate of drug-likeness (QED) is 0.193. The normalized spacial score (nSPS) is 11.0. The van der Waals surface area contributed by atoms with Gasteiger partial charge < -0.3 is 8.98 Å². The van der Waals surface area contributed by atoms with Crippen LogP contribution in [0, 0.1) is 40.6 Å². The Morgan fingerprint density at radius 2 is 1.09 bits per heavy atom. The number of furan rings is 1. The van der Waals surface area contributed by atoms with Crippen LogP contribution in [-0.4, -0.2) is 4.57 Å². The molecule has 6 aromatic carbocycles. The van der Waals surface area contributed by atoms with Crippen molar-refractivity contribution >= 4 is 49.4 Å². The third-order valence-electron chi connectivity index (χ3n) is 8.56. The summed E-state index contributed by atoms with van der Waals surface area (Å²) in [6.45, 7) is 7.96. The Morgan fingerprint density at radius 1 is 0.543 bits per heavy atom. The van der Waals surface area contributed by atoms with Gasteiger partial charge in [-0.3, -0.25) is 0 Å². The molecule has 2 heterocycles. The zero-order chi connectivity index (χ0) is 31.4. The molecular formula is C40H19N5O. The molecule has 0 radical (unpaired) electrons. The molecule has 2 aromatic heterocycles. The van der Waals surface area contributed by atoms with Gasteiger partial charge in [0.05, 0.1) is 46.9 Å². The highest BCUT2D eigenvalue weighted by molar-refractivity contribution is 6.19. The smallest absolute Gasteiger partial charge is 0.196 e. The van der Waals surface area contributed by atoms with Crippen LogP contribution in [0.2, 0.25) is 0 Å². The number of benzene rings is 6. The van der Waals surface area contributed by atoms with Crippen molar-refractivity contribution in [3.05, 3.63) is 143 Å². The second kappa shape index (κ2) is 10.3. The van der Waals surface area contributed by atoms with Crippen LogP contribution in [-0.2, 0) is 0 Å². The molecule has 210 valence electrons. The first-order valence-corrected chi connectivity index (χ1v) is 14.5. The van der Waals surface area contributed by atoms with Gasteiger partial charge >= 0.3 is 0 Å². The summed E-state index contributed by atoms with van der Waals surface area (Å²) in [5.74, 6) is 0. The molecule has 46 heavy (non-hydrogen) atoms. The minimum atomic E-state index is 0.376. The van der Waals surface area contributed by atoms with E-state index in [1.54, 1.807) is 36.4 Å². The van der Waals surface area contributed by atoms with Crippen LogP contribution in [0.1, 0.15) is 16.7 Å². The van der Waals surface area contributed by atoms with E-state index in [9.17, 15) is 15.8 Å². The van der Waals surface area contributed by atoms with Crippen molar-refractivity contribution < 1.29 is 4.42 Å². The van der Waals surface area contributed by atoms with Gasteiger partial charge in [-0.15, -0.1) is 0 Å². The van der Waals surface area contributed by atoms with E-state index in [-0.39, 0.29) is 0 Å². The van der Waals surface area contributed by atoms with Gasteiger partial charge in [0.15, 0.2) is 5.69 Å². The van der Waals surface area contributed by atoms with Crippen LogP contribution < -0.4 is 0 Å². The lowest BCUT2D eigenvalue weighted by molar-refractivity contribution is 0.669. The number of hydrogen-bond acceptors (Lipinski definition) is 4. The van der Waals surface area contributed by atoms with Gasteiger partial charge in [0.2, 0.25) is 0 Å². The number of nitriles is 3. The van der Waals surface area contributed by atoms with Gasteiger partial charge in [-0.2, -0.15) is 15.8 Å². The lowest BCUT2D eigenvalue weighted by Gasteiger charge is -2.16. The molecule has 0 aliphatic carbocycles. The number of para-hydroxylation sites is 3. The highest BCUT2D eigenvalue weighted by atomic mass is 16.3. The van der Waals surface area contributed by atoms with Gasteiger partial charge in [0.25, 0.3) is 0 Å². The Labute approximate surface area is 263 Å². The molecule has 0 saturated heterocycles. The first-order chi connectivity index (χ1) is 22.7. The zero-order valence-electron chi connectivity index (χ0n) is 24.1. The summed E-state index contributed by atoms with van der Waals surface area (Å²) >= 11 is 0. The van der Waals surface area contributed by atoms with Crippen molar-refractivity contribution in [1.29, 1.82) is 15.8 Å². The molecule has 0 spiro atoms. The van der Waals surface area contributed by atoms with E-state index >= 15 is 0 Å². The number of fused-ring (bicyclic) bond motifs is 6. The van der Waals surface area contributed by atoms with Gasteiger partial charge in [-0.1, -0.05) is 72.8 Å². The lowest BCUT2D eigenvalue weighted by atomic mass is 9.93. The van der Waals surface area contributed by atoms with Crippen LogP contribution in [0.3, 0.4) is 0 Å². The molecule has 6 nitrogen and oxygen atoms in total. The molecule has 0 bridgehead atoms. The minimum Gasteiger partial charge on any atom is -0.456 e.